The van der Waals surface area contributed by atoms with E-state index < -0.39 is 49.9 Å². The van der Waals surface area contributed by atoms with E-state index in [1.807, 2.05) is 0 Å². The van der Waals surface area contributed by atoms with Crippen LogP contribution in [0.3, 0.4) is 0 Å². The van der Waals surface area contributed by atoms with Gasteiger partial charge in [-0.25, -0.2) is 0 Å². The summed E-state index contributed by atoms with van der Waals surface area (Å²) in [5, 5.41) is 15.4. The summed E-state index contributed by atoms with van der Waals surface area (Å²) in [6.45, 7) is 1.60. The highest BCUT2D eigenvalue weighted by Gasteiger charge is 2.60. The van der Waals surface area contributed by atoms with Crippen LogP contribution in [-0.4, -0.2) is 47.4 Å². The van der Waals surface area contributed by atoms with Gasteiger partial charge in [0.25, 0.3) is 0 Å². The molecule has 0 aromatic heterocycles. The molecule has 0 amide bonds. The monoisotopic (exact) mass is 414 g/mol. The second-order valence-corrected chi connectivity index (χ2v) is 9.51. The lowest BCUT2D eigenvalue weighted by Crippen LogP contribution is -2.41. The third kappa shape index (κ3) is 4.32. The Labute approximate surface area is 147 Å². The second-order valence-electron chi connectivity index (χ2n) is 5.38. The van der Waals surface area contributed by atoms with E-state index in [1.165, 1.54) is 12.1 Å². The van der Waals surface area contributed by atoms with Gasteiger partial charge in [-0.2, -0.15) is 0 Å². The molecule has 0 saturated carbocycles. The zero-order valence-electron chi connectivity index (χ0n) is 12.7. The van der Waals surface area contributed by atoms with Crippen molar-refractivity contribution >= 4 is 39.8 Å². The highest BCUT2D eigenvalue weighted by molar-refractivity contribution is 7.80. The number of thiol groups is 1. The van der Waals surface area contributed by atoms with Crippen LogP contribution in [0.4, 0.5) is 0 Å². The van der Waals surface area contributed by atoms with Crippen molar-refractivity contribution in [2.24, 2.45) is 0 Å². The molecule has 1 aromatic rings. The summed E-state index contributed by atoms with van der Waals surface area (Å²) < 4.78 is 23.5. The number of carboxylic acids is 2. The zero-order chi connectivity index (χ0) is 19.8. The predicted molar refractivity (Wildman–Crippen MR) is 87.9 cm³/mol. The van der Waals surface area contributed by atoms with Crippen LogP contribution < -0.4 is 0 Å². The Kier molecular flexibility index (Phi) is 6.30. The summed E-state index contributed by atoms with van der Waals surface area (Å²) in [5.41, 5.74) is -2.60. The van der Waals surface area contributed by atoms with E-state index in [9.17, 15) is 43.4 Å². The molecule has 140 valence electrons. The van der Waals surface area contributed by atoms with Gasteiger partial charge < -0.3 is 29.8 Å². The first-order chi connectivity index (χ1) is 11.1. The molecule has 2 atom stereocenters. The summed E-state index contributed by atoms with van der Waals surface area (Å²) in [6, 6.07) is 3.64. The van der Waals surface area contributed by atoms with E-state index >= 15 is 0 Å². The molecule has 0 saturated heterocycles. The van der Waals surface area contributed by atoms with Gasteiger partial charge in [0.05, 0.1) is 0 Å². The topological polar surface area (TPSA) is 190 Å². The van der Waals surface area contributed by atoms with Crippen molar-refractivity contribution in [1.82, 2.24) is 0 Å². The number of hydrogen-bond acceptors (Lipinski definition) is 5. The molecular formula is C12H16O10P2S. The molecular weight excluding hydrogens is 398 g/mol. The number of carbonyl (C=O) groups is 2. The molecule has 13 heteroatoms. The number of hydrogen-bond donors (Lipinski definition) is 7. The Balaban J connectivity index is 3.81. The molecule has 6 N–H and O–H groups in total. The molecule has 0 fully saturated rings. The fourth-order valence-electron chi connectivity index (χ4n) is 2.33. The van der Waals surface area contributed by atoms with Gasteiger partial charge in [-0.3, -0.25) is 18.7 Å². The molecule has 25 heavy (non-hydrogen) atoms. The fourth-order valence-corrected chi connectivity index (χ4v) is 5.01. The first kappa shape index (κ1) is 21.9. The summed E-state index contributed by atoms with van der Waals surface area (Å²) in [7, 11) is -11.1. The van der Waals surface area contributed by atoms with Crippen molar-refractivity contribution in [1.29, 1.82) is 0 Å². The molecule has 1 aromatic carbocycles. The van der Waals surface area contributed by atoms with Gasteiger partial charge in [0.15, 0.2) is 10.8 Å². The van der Waals surface area contributed by atoms with Crippen LogP contribution in [0.1, 0.15) is 17.5 Å². The number of aliphatic carboxylic acids is 2. The lowest BCUT2D eigenvalue weighted by atomic mass is 9.92. The Hall–Kier alpha value is -1.19. The molecule has 0 aliphatic carbocycles. The average molecular weight is 414 g/mol. The number of benzene rings is 1. The Morgan fingerprint density at radius 1 is 1.16 bits per heavy atom. The Morgan fingerprint density at radius 2 is 1.68 bits per heavy atom. The van der Waals surface area contributed by atoms with Crippen molar-refractivity contribution in [2.45, 2.75) is 29.1 Å². The van der Waals surface area contributed by atoms with Gasteiger partial charge in [0.2, 0.25) is 0 Å². The van der Waals surface area contributed by atoms with Crippen LogP contribution >= 0.6 is 27.8 Å². The maximum Gasteiger partial charge on any atom is 0.347 e. The zero-order valence-corrected chi connectivity index (χ0v) is 15.4. The van der Waals surface area contributed by atoms with E-state index in [-0.39, 0.29) is 4.90 Å². The first-order valence-corrected chi connectivity index (χ1v) is 10.3. The summed E-state index contributed by atoms with van der Waals surface area (Å²) in [6.07, 6.45) is -1.52. The predicted octanol–water partition coefficient (Wildman–Crippen LogP) is 0.762. The van der Waals surface area contributed by atoms with Gasteiger partial charge in [0.1, 0.15) is 0 Å². The van der Waals surface area contributed by atoms with Gasteiger partial charge >= 0.3 is 27.1 Å². The second kappa shape index (κ2) is 7.20. The minimum absolute atomic E-state index is 0.166. The quantitative estimate of drug-likeness (QED) is 0.248. The number of rotatable bonds is 7. The molecule has 0 aliphatic rings. The van der Waals surface area contributed by atoms with Crippen LogP contribution in [0.25, 0.3) is 0 Å². The van der Waals surface area contributed by atoms with E-state index in [4.69, 9.17) is 5.11 Å². The van der Waals surface area contributed by atoms with Crippen LogP contribution in [0.2, 0.25) is 0 Å². The van der Waals surface area contributed by atoms with Crippen molar-refractivity contribution in [3.05, 3.63) is 29.3 Å². The van der Waals surface area contributed by atoms with E-state index in [2.05, 4.69) is 12.6 Å². The van der Waals surface area contributed by atoms with Crippen LogP contribution in [0.5, 0.6) is 0 Å². The summed E-state index contributed by atoms with van der Waals surface area (Å²) in [4.78, 5) is 60.6. The molecule has 1 rings (SSSR count). The molecule has 0 bridgehead atoms. The van der Waals surface area contributed by atoms with Gasteiger partial charge in [0, 0.05) is 11.3 Å². The fraction of sp³-hybridized carbons (Fsp3) is 0.333. The van der Waals surface area contributed by atoms with Crippen molar-refractivity contribution < 1.29 is 48.5 Å². The average Bonchev–Trinajstić information content (AvgIpc) is 2.37. The van der Waals surface area contributed by atoms with Gasteiger partial charge in [-0.15, -0.1) is 12.6 Å². The van der Waals surface area contributed by atoms with E-state index in [0.717, 1.165) is 6.07 Å². The first-order valence-electron chi connectivity index (χ1n) is 6.51. The Morgan fingerprint density at radius 3 is 2.00 bits per heavy atom. The van der Waals surface area contributed by atoms with Crippen molar-refractivity contribution in [3.63, 3.8) is 0 Å². The molecule has 0 heterocycles. The third-order valence-electron chi connectivity index (χ3n) is 3.63. The van der Waals surface area contributed by atoms with Gasteiger partial charge in [-0.05, 0) is 18.6 Å². The molecule has 10 nitrogen and oxygen atoms in total. The lowest BCUT2D eigenvalue weighted by Gasteiger charge is -2.33. The Bertz CT molecular complexity index is 797. The molecule has 0 spiro atoms. The number of carboxylic acid groups (broad SMARTS) is 2. The highest BCUT2D eigenvalue weighted by atomic mass is 32.1. The van der Waals surface area contributed by atoms with Crippen LogP contribution in [0, 0.1) is 6.92 Å². The minimum atomic E-state index is -5.65. The van der Waals surface area contributed by atoms with Crippen LogP contribution in [0.15, 0.2) is 23.1 Å². The van der Waals surface area contributed by atoms with Crippen molar-refractivity contribution in [3.8, 4) is 0 Å². The third-order valence-corrected chi connectivity index (χ3v) is 6.82. The number of aryl methyl sites for hydroxylation is 1. The van der Waals surface area contributed by atoms with Crippen LogP contribution in [-0.2, 0) is 23.9 Å². The summed E-state index contributed by atoms with van der Waals surface area (Å²) in [5.74, 6) is -4.21. The lowest BCUT2D eigenvalue weighted by molar-refractivity contribution is -0.142. The van der Waals surface area contributed by atoms with Gasteiger partial charge in [-0.1, -0.05) is 17.7 Å². The smallest absolute Gasteiger partial charge is 0.347 e. The standard InChI is InChI=1S/C12H16O10P2S/c1-6-2-3-7(9(25)4-6)12(11(15)16,24(20,21)22)5-8(10(13)14)23(17,18)19/h2-4,8,25H,5H2,1H3,(H,13,14)(H,15,16)(H2,17,18,19)(H2,20,21,22). The SMILES string of the molecule is Cc1ccc(C(CC(C(=O)O)P(=O)(O)O)(C(=O)O)P(=O)(O)O)c(S)c1. The molecule has 0 radical (unpaired) electrons. The van der Waals surface area contributed by atoms with E-state index in [0.29, 0.717) is 5.56 Å². The molecule has 2 unspecified atom stereocenters. The minimum Gasteiger partial charge on any atom is -0.481 e. The molecule has 0 aliphatic heterocycles. The van der Waals surface area contributed by atoms with E-state index in [1.54, 1.807) is 6.92 Å². The maximum absolute atomic E-state index is 12.1. The largest absolute Gasteiger partial charge is 0.481 e. The maximum atomic E-state index is 12.1. The summed E-state index contributed by atoms with van der Waals surface area (Å²) >= 11 is 3.99. The highest BCUT2D eigenvalue weighted by Crippen LogP contribution is 2.63. The van der Waals surface area contributed by atoms with Crippen molar-refractivity contribution in [2.75, 3.05) is 0 Å². The normalized spacial score (nSPS) is 16.1.